The lowest BCUT2D eigenvalue weighted by atomic mass is 10.0. The minimum Gasteiger partial charge on any atom is -0.506 e. The van der Waals surface area contributed by atoms with Crippen LogP contribution in [0.15, 0.2) is 74.4 Å². The minimum absolute atomic E-state index is 0.0482. The third kappa shape index (κ3) is 6.60. The molecule has 0 unspecified atom stereocenters. The van der Waals surface area contributed by atoms with Crippen molar-refractivity contribution in [2.24, 2.45) is 0 Å². The maximum absolute atomic E-state index is 14.4. The molecule has 0 spiro atoms. The highest BCUT2D eigenvalue weighted by Gasteiger charge is 2.32. The fraction of sp³-hybridized carbons (Fsp3) is 0.344. The summed E-state index contributed by atoms with van der Waals surface area (Å²) in [5.74, 6) is -0.478. The first kappa shape index (κ1) is 31.2. The van der Waals surface area contributed by atoms with Crippen molar-refractivity contribution < 1.29 is 19.1 Å². The van der Waals surface area contributed by atoms with Gasteiger partial charge in [-0.15, -0.1) is 0 Å². The van der Waals surface area contributed by atoms with Gasteiger partial charge in [0.15, 0.2) is 0 Å². The number of nitrogens with zero attached hydrogens (tertiary/aromatic N) is 4. The maximum Gasteiger partial charge on any atom is 0.326 e. The van der Waals surface area contributed by atoms with Gasteiger partial charge in [0.2, 0.25) is 5.91 Å². The highest BCUT2D eigenvalue weighted by Crippen LogP contribution is 2.34. The second-order valence-electron chi connectivity index (χ2n) is 11.4. The van der Waals surface area contributed by atoms with Gasteiger partial charge in [0.05, 0.1) is 25.7 Å². The number of halogens is 3. The van der Waals surface area contributed by atoms with E-state index in [-0.39, 0.29) is 41.7 Å². The first-order valence-electron chi connectivity index (χ1n) is 14.9. The molecule has 3 N–H and O–H groups in total. The molecule has 13 heteroatoms. The van der Waals surface area contributed by atoms with Crippen LogP contribution >= 0.6 is 31.9 Å². The third-order valence-electron chi connectivity index (χ3n) is 8.64. The van der Waals surface area contributed by atoms with Crippen molar-refractivity contribution in [2.75, 3.05) is 44.2 Å². The number of rotatable bonds is 6. The molecule has 10 nitrogen and oxygen atoms in total. The largest absolute Gasteiger partial charge is 0.506 e. The van der Waals surface area contributed by atoms with Crippen LogP contribution < -0.4 is 15.9 Å². The number of phenols is 1. The average Bonchev–Trinajstić information content (AvgIpc) is 3.39. The van der Waals surface area contributed by atoms with Gasteiger partial charge < -0.3 is 30.1 Å². The molecule has 0 radical (unpaired) electrons. The van der Waals surface area contributed by atoms with E-state index in [1.54, 1.807) is 44.7 Å². The van der Waals surface area contributed by atoms with E-state index in [2.05, 4.69) is 42.2 Å². The van der Waals surface area contributed by atoms with Crippen molar-refractivity contribution in [3.05, 3.63) is 91.5 Å². The van der Waals surface area contributed by atoms with E-state index >= 15 is 0 Å². The van der Waals surface area contributed by atoms with Crippen LogP contribution in [-0.4, -0.2) is 81.7 Å². The monoisotopic (exact) mass is 742 g/mol. The van der Waals surface area contributed by atoms with Crippen LogP contribution in [0.1, 0.15) is 24.4 Å². The summed E-state index contributed by atoms with van der Waals surface area (Å²) in [6, 6.07) is 16.4. The summed E-state index contributed by atoms with van der Waals surface area (Å²) < 4.78 is 17.1. The third-order valence-corrected chi connectivity index (χ3v) is 9.85. The number of H-pyrrole nitrogens is 1. The number of para-hydroxylation sites is 3. The number of fused-ring (bicyclic) bond motifs is 1. The van der Waals surface area contributed by atoms with Gasteiger partial charge in [0, 0.05) is 51.7 Å². The Balaban J connectivity index is 1.15. The number of piperazine rings is 1. The predicted molar refractivity (Wildman–Crippen MR) is 177 cm³/mol. The predicted octanol–water partition coefficient (Wildman–Crippen LogP) is 5.01. The van der Waals surface area contributed by atoms with Gasteiger partial charge in [0.25, 0.3) is 0 Å². The summed E-state index contributed by atoms with van der Waals surface area (Å²) in [5, 5.41) is 13.2. The van der Waals surface area contributed by atoms with Crippen LogP contribution in [0.3, 0.4) is 0 Å². The van der Waals surface area contributed by atoms with Gasteiger partial charge >= 0.3 is 11.7 Å². The normalized spacial score (nSPS) is 16.6. The number of carbonyl (C=O) groups is 2. The Kier molecular flexibility index (Phi) is 9.18. The zero-order valence-electron chi connectivity index (χ0n) is 24.4. The molecule has 1 atom stereocenters. The number of nitrogens with one attached hydrogen (secondary N) is 2. The van der Waals surface area contributed by atoms with E-state index in [1.807, 2.05) is 29.2 Å². The molecule has 236 valence electrons. The van der Waals surface area contributed by atoms with Crippen LogP contribution in [-0.2, 0) is 11.2 Å². The first-order chi connectivity index (χ1) is 21.7. The van der Waals surface area contributed by atoms with Gasteiger partial charge in [-0.2, -0.15) is 0 Å². The number of aromatic amines is 1. The fourth-order valence-corrected chi connectivity index (χ4v) is 7.55. The van der Waals surface area contributed by atoms with E-state index in [1.165, 1.54) is 6.07 Å². The number of hydrogen-bond donors (Lipinski definition) is 3. The Morgan fingerprint density at radius 2 is 1.58 bits per heavy atom. The van der Waals surface area contributed by atoms with Gasteiger partial charge in [-0.1, -0.05) is 24.3 Å². The average molecular weight is 744 g/mol. The van der Waals surface area contributed by atoms with Crippen LogP contribution in [0.2, 0.25) is 0 Å². The molecule has 2 saturated heterocycles. The Bertz CT molecular complexity index is 1760. The highest BCUT2D eigenvalue weighted by molar-refractivity contribution is 9.11. The lowest BCUT2D eigenvalue weighted by molar-refractivity contribution is -0.133. The van der Waals surface area contributed by atoms with E-state index < -0.39 is 6.04 Å². The number of amides is 3. The molecule has 6 rings (SSSR count). The number of piperidine rings is 1. The maximum atomic E-state index is 14.4. The number of hydrogen-bond acceptors (Lipinski definition) is 5. The molecule has 3 aromatic carbocycles. The molecule has 0 aliphatic carbocycles. The molecule has 3 heterocycles. The molecule has 1 aromatic heterocycles. The standard InChI is InChI=1S/C32H33Br2FN6O4/c33-22-17-20(18-23(34)29(22)42)19-26(30(43)39-15-13-38(14-16-39)27-7-3-1-5-24(27)35)37-31(44)40-11-9-21(10-12-40)41-28-8-4-2-6-25(28)36-32(41)45/h1-8,17-18,21,26,42H,9-16,19H2,(H,36,45)(H,37,44)/t26-/m1/s1. The number of aromatic nitrogens is 2. The van der Waals surface area contributed by atoms with E-state index in [0.29, 0.717) is 66.7 Å². The smallest absolute Gasteiger partial charge is 0.326 e. The minimum atomic E-state index is -0.866. The van der Waals surface area contributed by atoms with E-state index in [0.717, 1.165) is 16.6 Å². The highest BCUT2D eigenvalue weighted by atomic mass is 79.9. The molecule has 4 aromatic rings. The lowest BCUT2D eigenvalue weighted by Gasteiger charge is -2.38. The van der Waals surface area contributed by atoms with Crippen LogP contribution in [0.25, 0.3) is 11.0 Å². The summed E-state index contributed by atoms with van der Waals surface area (Å²) >= 11 is 6.71. The molecule has 0 bridgehead atoms. The fourth-order valence-electron chi connectivity index (χ4n) is 6.27. The number of likely N-dealkylation sites (tertiary alicyclic amines) is 1. The Morgan fingerprint density at radius 1 is 0.933 bits per heavy atom. The van der Waals surface area contributed by atoms with Gasteiger partial charge in [0.1, 0.15) is 17.6 Å². The number of aromatic hydroxyl groups is 1. The molecule has 2 aliphatic rings. The molecule has 2 aliphatic heterocycles. The number of benzene rings is 3. The molecule has 0 saturated carbocycles. The van der Waals surface area contributed by atoms with Crippen molar-refractivity contribution >= 4 is 60.5 Å². The van der Waals surface area contributed by atoms with Crippen LogP contribution in [0, 0.1) is 5.82 Å². The second kappa shape index (κ2) is 13.3. The molecular formula is C32H33Br2FN6O4. The van der Waals surface area contributed by atoms with Gasteiger partial charge in [-0.3, -0.25) is 9.36 Å². The lowest BCUT2D eigenvalue weighted by Crippen LogP contribution is -2.57. The summed E-state index contributed by atoms with van der Waals surface area (Å²) in [7, 11) is 0. The summed E-state index contributed by atoms with van der Waals surface area (Å²) in [4.78, 5) is 48.4. The molecule has 2 fully saturated rings. The van der Waals surface area contributed by atoms with Crippen molar-refractivity contribution in [1.82, 2.24) is 24.7 Å². The Labute approximate surface area is 276 Å². The Morgan fingerprint density at radius 3 is 2.27 bits per heavy atom. The zero-order chi connectivity index (χ0) is 31.7. The van der Waals surface area contributed by atoms with Gasteiger partial charge in [-0.05, 0) is 86.7 Å². The first-order valence-corrected chi connectivity index (χ1v) is 16.5. The van der Waals surface area contributed by atoms with E-state index in [9.17, 15) is 23.9 Å². The summed E-state index contributed by atoms with van der Waals surface area (Å²) in [6.45, 7) is 2.55. The SMILES string of the molecule is O=C(N[C@H](Cc1cc(Br)c(O)c(Br)c1)C(=O)N1CCN(c2ccccc2F)CC1)N1CCC(n2c(=O)[nH]c3ccccc32)CC1. The molecular weight excluding hydrogens is 711 g/mol. The second-order valence-corrected chi connectivity index (χ2v) is 13.1. The van der Waals surface area contributed by atoms with E-state index in [4.69, 9.17) is 0 Å². The van der Waals surface area contributed by atoms with Crippen LogP contribution in [0.4, 0.5) is 14.9 Å². The number of urea groups is 1. The van der Waals surface area contributed by atoms with Crippen molar-refractivity contribution in [3.8, 4) is 5.75 Å². The topological polar surface area (TPSA) is 114 Å². The number of carbonyl (C=O) groups excluding carboxylic acids is 2. The van der Waals surface area contributed by atoms with Gasteiger partial charge in [-0.25, -0.2) is 14.0 Å². The van der Waals surface area contributed by atoms with Crippen molar-refractivity contribution in [3.63, 3.8) is 0 Å². The van der Waals surface area contributed by atoms with Crippen molar-refractivity contribution in [1.29, 1.82) is 0 Å². The Hall–Kier alpha value is -3.84. The summed E-state index contributed by atoms with van der Waals surface area (Å²) in [5.41, 5.74) is 2.72. The number of anilines is 1. The quantitative estimate of drug-likeness (QED) is 0.257. The zero-order valence-corrected chi connectivity index (χ0v) is 27.6. The number of phenolic OH excluding ortho intramolecular Hbond substituents is 1. The molecule has 45 heavy (non-hydrogen) atoms. The molecule has 3 amide bonds. The van der Waals surface area contributed by atoms with Crippen molar-refractivity contribution in [2.45, 2.75) is 31.3 Å². The summed E-state index contributed by atoms with van der Waals surface area (Å²) in [6.07, 6.45) is 1.41. The number of imidazole rings is 1. The van der Waals surface area contributed by atoms with Crippen LogP contribution in [0.5, 0.6) is 5.75 Å².